The highest BCUT2D eigenvalue weighted by atomic mass is 16.1. The van der Waals surface area contributed by atoms with Crippen LogP contribution in [0.25, 0.3) is 0 Å². The third-order valence-electron chi connectivity index (χ3n) is 8.76. The molecule has 6 heteroatoms. The van der Waals surface area contributed by atoms with Gasteiger partial charge in [-0.05, 0) is 75.6 Å². The number of hydrogen-bond acceptors (Lipinski definition) is 6. The van der Waals surface area contributed by atoms with E-state index in [2.05, 4.69) is 34.0 Å². The van der Waals surface area contributed by atoms with Crippen LogP contribution in [0.1, 0.15) is 77.2 Å². The van der Waals surface area contributed by atoms with Crippen LogP contribution in [0.15, 0.2) is 12.4 Å². The molecule has 0 spiro atoms. The lowest BCUT2D eigenvalue weighted by molar-refractivity contribution is -0.124. The second kappa shape index (κ2) is 9.38. The van der Waals surface area contributed by atoms with Crippen molar-refractivity contribution in [3.8, 4) is 0 Å². The van der Waals surface area contributed by atoms with Gasteiger partial charge in [-0.3, -0.25) is 9.69 Å². The van der Waals surface area contributed by atoms with Gasteiger partial charge in [0.15, 0.2) is 0 Å². The van der Waals surface area contributed by atoms with Crippen LogP contribution >= 0.6 is 0 Å². The molecule has 1 aromatic rings. The number of rotatable bonds is 7. The van der Waals surface area contributed by atoms with Crippen molar-refractivity contribution in [1.29, 1.82) is 0 Å². The summed E-state index contributed by atoms with van der Waals surface area (Å²) >= 11 is 0. The summed E-state index contributed by atoms with van der Waals surface area (Å²) in [6.45, 7) is 12.1. The van der Waals surface area contributed by atoms with E-state index in [4.69, 9.17) is 9.97 Å². The Morgan fingerprint density at radius 3 is 2.19 bits per heavy atom. The minimum absolute atomic E-state index is 0.189. The van der Waals surface area contributed by atoms with Crippen LogP contribution in [-0.4, -0.2) is 76.4 Å². The van der Waals surface area contributed by atoms with E-state index >= 15 is 0 Å². The molecule has 2 unspecified atom stereocenters. The summed E-state index contributed by atoms with van der Waals surface area (Å²) < 4.78 is 0. The first-order valence-corrected chi connectivity index (χ1v) is 13.1. The molecule has 0 aromatic carbocycles. The highest BCUT2D eigenvalue weighted by Gasteiger charge is 2.41. The SMILES string of the molecule is CCN1CC2CCC(C1)N2c1ncc(C2CCN(C3CC(CC(=O)C(C)C)C3)CC2)cn1. The molecule has 4 heterocycles. The minimum atomic E-state index is 0.189. The maximum Gasteiger partial charge on any atom is 0.225 e. The van der Waals surface area contributed by atoms with Gasteiger partial charge in [0.2, 0.25) is 5.95 Å². The molecule has 5 rings (SSSR count). The van der Waals surface area contributed by atoms with Crippen LogP contribution in [0.5, 0.6) is 0 Å². The predicted octanol–water partition coefficient (Wildman–Crippen LogP) is 3.72. The summed E-state index contributed by atoms with van der Waals surface area (Å²) in [5.74, 6) is 2.80. The summed E-state index contributed by atoms with van der Waals surface area (Å²) in [4.78, 5) is 29.5. The molecule has 2 bridgehead atoms. The maximum atomic E-state index is 12.0. The highest BCUT2D eigenvalue weighted by Crippen LogP contribution is 2.38. The van der Waals surface area contributed by atoms with Crippen LogP contribution < -0.4 is 4.90 Å². The Morgan fingerprint density at radius 2 is 1.62 bits per heavy atom. The number of likely N-dealkylation sites (N-methyl/N-ethyl adjacent to an activating group) is 1. The molecule has 176 valence electrons. The minimum Gasteiger partial charge on any atom is -0.332 e. The second-order valence-corrected chi connectivity index (χ2v) is 11.1. The van der Waals surface area contributed by atoms with E-state index in [-0.39, 0.29) is 5.92 Å². The molecule has 4 fully saturated rings. The summed E-state index contributed by atoms with van der Waals surface area (Å²) in [6.07, 6.45) is 12.4. The molecule has 3 aliphatic heterocycles. The number of piperazine rings is 1. The van der Waals surface area contributed by atoms with Crippen LogP contribution in [0.2, 0.25) is 0 Å². The quantitative estimate of drug-likeness (QED) is 0.645. The van der Waals surface area contributed by atoms with Gasteiger partial charge in [0.05, 0.1) is 0 Å². The van der Waals surface area contributed by atoms with Gasteiger partial charge in [-0.2, -0.15) is 0 Å². The number of likely N-dealkylation sites (tertiary alicyclic amines) is 2. The van der Waals surface area contributed by atoms with E-state index in [1.807, 2.05) is 13.8 Å². The smallest absolute Gasteiger partial charge is 0.225 e. The van der Waals surface area contributed by atoms with Crippen molar-refractivity contribution >= 4 is 11.7 Å². The average Bonchev–Trinajstić information content (AvgIpc) is 3.05. The number of aromatic nitrogens is 2. The highest BCUT2D eigenvalue weighted by molar-refractivity contribution is 5.80. The Bertz CT molecular complexity index is 768. The molecule has 1 saturated carbocycles. The van der Waals surface area contributed by atoms with Crippen molar-refractivity contribution in [1.82, 2.24) is 19.8 Å². The number of Topliss-reactive ketones (excluding diaryl/α,β-unsaturated/α-hetero) is 1. The molecule has 4 aliphatic rings. The first kappa shape index (κ1) is 22.3. The number of nitrogens with zero attached hydrogens (tertiary/aromatic N) is 5. The lowest BCUT2D eigenvalue weighted by Crippen LogP contribution is -2.54. The third kappa shape index (κ3) is 4.45. The van der Waals surface area contributed by atoms with Gasteiger partial charge >= 0.3 is 0 Å². The number of piperidine rings is 1. The summed E-state index contributed by atoms with van der Waals surface area (Å²) in [6, 6.07) is 1.88. The van der Waals surface area contributed by atoms with Gasteiger partial charge in [0.1, 0.15) is 5.78 Å². The van der Waals surface area contributed by atoms with Crippen molar-refractivity contribution in [2.75, 3.05) is 37.6 Å². The predicted molar refractivity (Wildman–Crippen MR) is 128 cm³/mol. The normalized spacial score (nSPS) is 31.8. The Kier molecular flexibility index (Phi) is 6.53. The van der Waals surface area contributed by atoms with Gasteiger partial charge in [-0.15, -0.1) is 0 Å². The summed E-state index contributed by atoms with van der Waals surface area (Å²) in [5.41, 5.74) is 1.32. The van der Waals surface area contributed by atoms with Gasteiger partial charge in [-0.25, -0.2) is 9.97 Å². The Labute approximate surface area is 193 Å². The average molecular weight is 440 g/mol. The number of anilines is 1. The summed E-state index contributed by atoms with van der Waals surface area (Å²) in [7, 11) is 0. The largest absolute Gasteiger partial charge is 0.332 e. The molecular formula is C26H41N5O. The lowest BCUT2D eigenvalue weighted by atomic mass is 9.74. The lowest BCUT2D eigenvalue weighted by Gasteiger charge is -2.46. The number of carbonyl (C=O) groups excluding carboxylic acids is 1. The van der Waals surface area contributed by atoms with Gasteiger partial charge in [0, 0.05) is 55.9 Å². The van der Waals surface area contributed by atoms with Gasteiger partial charge < -0.3 is 9.80 Å². The molecular weight excluding hydrogens is 398 g/mol. The zero-order valence-electron chi connectivity index (χ0n) is 20.2. The van der Waals surface area contributed by atoms with E-state index in [0.717, 1.165) is 32.0 Å². The van der Waals surface area contributed by atoms with Crippen LogP contribution in [0.3, 0.4) is 0 Å². The molecule has 6 nitrogen and oxygen atoms in total. The molecule has 0 amide bonds. The van der Waals surface area contributed by atoms with Gasteiger partial charge in [-0.1, -0.05) is 20.8 Å². The van der Waals surface area contributed by atoms with Gasteiger partial charge in [0.25, 0.3) is 0 Å². The number of hydrogen-bond donors (Lipinski definition) is 0. The van der Waals surface area contributed by atoms with Crippen molar-refractivity contribution in [2.45, 2.75) is 89.8 Å². The molecule has 32 heavy (non-hydrogen) atoms. The third-order valence-corrected chi connectivity index (χ3v) is 8.76. The molecule has 1 aromatic heterocycles. The zero-order valence-corrected chi connectivity index (χ0v) is 20.2. The van der Waals surface area contributed by atoms with Crippen molar-refractivity contribution in [2.24, 2.45) is 11.8 Å². The number of carbonyl (C=O) groups is 1. The Hall–Kier alpha value is -1.53. The maximum absolute atomic E-state index is 12.0. The molecule has 2 atom stereocenters. The molecule has 3 saturated heterocycles. The molecule has 0 radical (unpaired) electrons. The first-order valence-electron chi connectivity index (χ1n) is 13.1. The van der Waals surface area contributed by atoms with E-state index in [0.29, 0.717) is 35.7 Å². The fourth-order valence-corrected chi connectivity index (χ4v) is 6.53. The number of fused-ring (bicyclic) bond motifs is 2. The Morgan fingerprint density at radius 1 is 1.00 bits per heavy atom. The standard InChI is InChI=1S/C26H41N5O/c1-4-29-16-22-5-6-23(17-29)31(22)26-27-14-21(15-28-26)20-7-9-30(10-8-20)24-11-19(12-24)13-25(32)18(2)3/h14-15,18-20,22-24H,4-13,16-17H2,1-3H3. The first-order chi connectivity index (χ1) is 15.5. The van der Waals surface area contributed by atoms with E-state index in [1.165, 1.54) is 57.2 Å². The molecule has 0 N–H and O–H groups in total. The number of ketones is 1. The monoisotopic (exact) mass is 439 g/mol. The van der Waals surface area contributed by atoms with E-state index < -0.39 is 0 Å². The second-order valence-electron chi connectivity index (χ2n) is 11.1. The molecule has 1 aliphatic carbocycles. The fraction of sp³-hybridized carbons (Fsp3) is 0.808. The Balaban J connectivity index is 1.10. The van der Waals surface area contributed by atoms with Crippen molar-refractivity contribution in [3.63, 3.8) is 0 Å². The van der Waals surface area contributed by atoms with Crippen molar-refractivity contribution in [3.05, 3.63) is 18.0 Å². The van der Waals surface area contributed by atoms with Crippen molar-refractivity contribution < 1.29 is 4.79 Å². The van der Waals surface area contributed by atoms with Crippen LogP contribution in [0, 0.1) is 11.8 Å². The van der Waals surface area contributed by atoms with Crippen LogP contribution in [-0.2, 0) is 4.79 Å². The fourth-order valence-electron chi connectivity index (χ4n) is 6.53. The van der Waals surface area contributed by atoms with E-state index in [9.17, 15) is 4.79 Å². The zero-order chi connectivity index (χ0) is 22.2. The van der Waals surface area contributed by atoms with Crippen LogP contribution in [0.4, 0.5) is 5.95 Å². The van der Waals surface area contributed by atoms with E-state index in [1.54, 1.807) is 0 Å². The summed E-state index contributed by atoms with van der Waals surface area (Å²) in [5, 5.41) is 0. The topological polar surface area (TPSA) is 52.6 Å².